The van der Waals surface area contributed by atoms with Gasteiger partial charge < -0.3 is 37.6 Å². The van der Waals surface area contributed by atoms with Crippen molar-refractivity contribution in [1.29, 1.82) is 0 Å². The maximum Gasteiger partial charge on any atom is 0.188 e. The van der Waals surface area contributed by atoms with Crippen LogP contribution < -0.4 is 18.9 Å². The molecule has 0 unspecified atom stereocenters. The number of nitrogens with one attached hydrogen (secondary N) is 1. The monoisotopic (exact) mass is 1620 g/mol. The van der Waals surface area contributed by atoms with E-state index in [9.17, 15) is 17.6 Å². The third-order valence-electron chi connectivity index (χ3n) is 16.1. The number of thiol groups is 1. The first kappa shape index (κ1) is 76.0. The van der Waals surface area contributed by atoms with E-state index in [1.54, 1.807) is 48.5 Å². The minimum atomic E-state index is -0.293. The van der Waals surface area contributed by atoms with Gasteiger partial charge in [-0.15, -0.1) is 6.58 Å². The Balaban J connectivity index is 0.000000137. The van der Waals surface area contributed by atoms with E-state index < -0.39 is 0 Å². The standard InChI is InChI=1S/C24H17FN2O.C21H12BrFN2O.C21H13FN2O.C12H8FIO.C9H6N2.BHNS/c1-3-4-17-16-27(24-14-7-19(26-2)15-23(17)24)20-8-12-22(13-9-20)28-21-10-5-18(25)6-11-21;1-24-15-4-11-21-19(12-15)20(22)13-25(21)16-5-9-18(10-6-16)26-17-7-2-14(23)3-8-17;1-23-17-4-11-21-15(14-17)12-13-24(21)18-5-9-20(10-6-18)25-19-7-2-16(22)3-8-19;13-9-1-5-11(6-2-9)15-12-7-3-10(14)4-8-12;1-10-8-2-3-9-7(6-8)4-5-11-9;1-2-3/h3,5-16H,1,4H2;2-13H;2-14H;1-8H;2-6,11H;3H. The van der Waals surface area contributed by atoms with Gasteiger partial charge >= 0.3 is 24.8 Å². The second kappa shape index (κ2) is 37.0. The van der Waals surface area contributed by atoms with Gasteiger partial charge in [0.15, 0.2) is 22.7 Å². The summed E-state index contributed by atoms with van der Waals surface area (Å²) in [5.41, 5.74) is 10.8. The van der Waals surface area contributed by atoms with Crippen LogP contribution in [0.3, 0.4) is 0 Å². The van der Waals surface area contributed by atoms with Gasteiger partial charge in [-0.3, -0.25) is 0 Å². The number of benzene rings is 12. The van der Waals surface area contributed by atoms with Crippen LogP contribution in [0.5, 0.6) is 46.0 Å². The Labute approximate surface area is 648 Å². The van der Waals surface area contributed by atoms with E-state index in [0.717, 1.165) is 86.5 Å². The molecule has 1 radical (unpaired) electrons. The molecule has 13 nitrogen and oxygen atoms in total. The molecule has 4 aromatic heterocycles. The SMILES string of the molecule is Fc1ccc(Oc2ccc(I)cc2)cc1.[B]=NS.[C-]#[N+]c1ccc2[nH]ccc2c1.[C-]#[N+]c1ccc2c(c1)c(Br)cn2-c1ccc(Oc2ccc(F)cc2)cc1.[C-]#[N+]c1ccc2c(c1)c(CC=C)cn2-c1ccc(Oc2ccc(F)cc2)cc1.[C-]#[N+]c1ccc2c(ccn2-c2ccc(Oc3ccc(F)cc3)cc2)c1. The normalized spacial score (nSPS) is 10.2. The second-order valence-corrected chi connectivity index (χ2v) is 25.5. The van der Waals surface area contributed by atoms with E-state index in [2.05, 4.69) is 114 Å². The van der Waals surface area contributed by atoms with Crippen LogP contribution in [-0.2, 0) is 6.42 Å². The van der Waals surface area contributed by atoms with Crippen molar-refractivity contribution in [3.05, 3.63) is 399 Å². The van der Waals surface area contributed by atoms with E-state index in [0.29, 0.717) is 63.0 Å². The maximum absolute atomic E-state index is 13.0. The number of aromatic nitrogens is 4. The first-order valence-electron chi connectivity index (χ1n) is 32.7. The molecule has 0 aliphatic rings. The number of nitrogens with zero attached hydrogens (tertiary/aromatic N) is 8. The zero-order valence-corrected chi connectivity index (χ0v) is 61.5. The smallest absolute Gasteiger partial charge is 0.188 e. The van der Waals surface area contributed by atoms with E-state index in [4.69, 9.17) is 45.2 Å². The van der Waals surface area contributed by atoms with Crippen LogP contribution in [0.1, 0.15) is 5.56 Å². The van der Waals surface area contributed by atoms with Gasteiger partial charge in [0, 0.05) is 60.8 Å². The van der Waals surface area contributed by atoms with Gasteiger partial charge in [-0.2, -0.15) is 0 Å². The molecule has 108 heavy (non-hydrogen) atoms. The molecule has 21 heteroatoms. The van der Waals surface area contributed by atoms with Crippen molar-refractivity contribution in [3.63, 3.8) is 0 Å². The van der Waals surface area contributed by atoms with Crippen LogP contribution in [-0.4, -0.2) is 26.3 Å². The Morgan fingerprint density at radius 2 is 0.759 bits per heavy atom. The molecule has 12 aromatic carbocycles. The predicted molar refractivity (Wildman–Crippen MR) is 437 cm³/mol. The van der Waals surface area contributed by atoms with Crippen LogP contribution >= 0.6 is 51.3 Å². The minimum absolute atomic E-state index is 0.259. The topological polar surface area (TPSA) is 97.3 Å². The summed E-state index contributed by atoms with van der Waals surface area (Å²) in [7, 11) is 4.34. The average molecular weight is 1620 g/mol. The third kappa shape index (κ3) is 20.2. The first-order valence-corrected chi connectivity index (χ1v) is 35.0. The Bertz CT molecular complexity index is 5910. The molecule has 0 aliphatic heterocycles. The Morgan fingerprint density at radius 1 is 0.426 bits per heavy atom. The number of hydrogen-bond acceptors (Lipinski definition) is 6. The van der Waals surface area contributed by atoms with Crippen molar-refractivity contribution in [3.8, 4) is 63.1 Å². The molecule has 525 valence electrons. The molecule has 1 N–H and O–H groups in total. The molecular weight excluding hydrogens is 1560 g/mol. The van der Waals surface area contributed by atoms with Gasteiger partial charge in [0.2, 0.25) is 0 Å². The first-order chi connectivity index (χ1) is 52.6. The van der Waals surface area contributed by atoms with Gasteiger partial charge in [0.1, 0.15) is 69.3 Å². The average Bonchev–Trinajstić information content (AvgIpc) is 1.64. The van der Waals surface area contributed by atoms with Crippen molar-refractivity contribution in [2.45, 2.75) is 6.42 Å². The quantitative estimate of drug-likeness (QED) is 0.0300. The molecule has 0 atom stereocenters. The third-order valence-corrected chi connectivity index (χ3v) is 17.4. The van der Waals surface area contributed by atoms with Crippen LogP contribution in [0.15, 0.2) is 325 Å². The molecule has 0 bridgehead atoms. The number of allylic oxidation sites excluding steroid dienone is 1. The Morgan fingerprint density at radius 3 is 1.17 bits per heavy atom. The van der Waals surface area contributed by atoms with Gasteiger partial charge in [-0.05, 0) is 321 Å². The largest absolute Gasteiger partial charge is 0.457 e. The van der Waals surface area contributed by atoms with E-state index in [1.807, 2.05) is 207 Å². The zero-order chi connectivity index (χ0) is 75.9. The molecule has 16 rings (SSSR count). The fraction of sp³-hybridized carbons (Fsp3) is 0.0115. The summed E-state index contributed by atoms with van der Waals surface area (Å²) in [6, 6.07) is 81.0. The molecule has 0 amide bonds. The van der Waals surface area contributed by atoms with E-state index in [-0.39, 0.29) is 23.3 Å². The molecule has 16 aromatic rings. The molecule has 0 aliphatic carbocycles. The van der Waals surface area contributed by atoms with Gasteiger partial charge in [0.05, 0.1) is 42.8 Å². The van der Waals surface area contributed by atoms with Gasteiger partial charge in [0.25, 0.3) is 0 Å². The maximum atomic E-state index is 13.0. The van der Waals surface area contributed by atoms with Crippen molar-refractivity contribution in [1.82, 2.24) is 18.7 Å². The molecule has 4 heterocycles. The Hall–Kier alpha value is -13.2. The van der Waals surface area contributed by atoms with Crippen LogP contribution in [0, 0.1) is 53.1 Å². The molecule has 0 saturated heterocycles. The summed E-state index contributed by atoms with van der Waals surface area (Å²) in [4.78, 5) is 16.9. The number of rotatable bonds is 13. The van der Waals surface area contributed by atoms with Crippen molar-refractivity contribution in [2.75, 3.05) is 0 Å². The second-order valence-electron chi connectivity index (χ2n) is 23.2. The Kier molecular flexibility index (Phi) is 26.0. The van der Waals surface area contributed by atoms with Crippen molar-refractivity contribution < 1.29 is 36.5 Å². The van der Waals surface area contributed by atoms with Crippen molar-refractivity contribution >= 4 is 125 Å². The summed E-state index contributed by atoms with van der Waals surface area (Å²) in [5.74, 6) is 4.04. The summed E-state index contributed by atoms with van der Waals surface area (Å²) >= 11 is 8.98. The minimum Gasteiger partial charge on any atom is -0.457 e. The van der Waals surface area contributed by atoms with Crippen LogP contribution in [0.25, 0.3) is 80.1 Å². The summed E-state index contributed by atoms with van der Waals surface area (Å²) < 4.78 is 85.3. The molecule has 0 fully saturated rings. The fourth-order valence-electron chi connectivity index (χ4n) is 11.0. The summed E-state index contributed by atoms with van der Waals surface area (Å²) in [5, 5.41) is 4.17. The number of ether oxygens (including phenoxy) is 4. The number of hydrogen-bond donors (Lipinski definition) is 2. The van der Waals surface area contributed by atoms with Gasteiger partial charge in [-0.1, -0.05) is 30.3 Å². The zero-order valence-electron chi connectivity index (χ0n) is 56.9. The van der Waals surface area contributed by atoms with Crippen LogP contribution in [0.2, 0.25) is 0 Å². The molecule has 0 saturated carbocycles. The van der Waals surface area contributed by atoms with E-state index in [1.165, 1.54) is 48.5 Å². The fourth-order valence-corrected chi connectivity index (χ4v) is 11.8. The van der Waals surface area contributed by atoms with Crippen LogP contribution in [0.4, 0.5) is 40.3 Å². The number of halogens is 6. The van der Waals surface area contributed by atoms with Gasteiger partial charge in [-0.25, -0.2) is 36.9 Å². The summed E-state index contributed by atoms with van der Waals surface area (Å²) in [6.45, 7) is 32.1. The predicted octanol–water partition coefficient (Wildman–Crippen LogP) is 27.0. The molecular formula is C87H57BBrF4IN9O4S. The number of H-pyrrole nitrogens is 1. The summed E-state index contributed by atoms with van der Waals surface area (Å²) in [6.07, 6.45) is 10.5. The van der Waals surface area contributed by atoms with Crippen molar-refractivity contribution in [2.24, 2.45) is 4.30 Å². The van der Waals surface area contributed by atoms with E-state index >= 15 is 0 Å². The number of aromatic amines is 1. The molecule has 0 spiro atoms. The number of fused-ring (bicyclic) bond motifs is 4.